The van der Waals surface area contributed by atoms with Crippen LogP contribution in [-0.2, 0) is 0 Å². The van der Waals surface area contributed by atoms with Gasteiger partial charge in [-0.2, -0.15) is 0 Å². The highest BCUT2D eigenvalue weighted by atomic mass is 15.1. The van der Waals surface area contributed by atoms with E-state index in [-0.39, 0.29) is 0 Å². The van der Waals surface area contributed by atoms with Gasteiger partial charge in [-0.3, -0.25) is 9.38 Å². The molecule has 5 heterocycles. The van der Waals surface area contributed by atoms with Crippen molar-refractivity contribution in [1.29, 1.82) is 0 Å². The van der Waals surface area contributed by atoms with Gasteiger partial charge >= 0.3 is 0 Å². The Morgan fingerprint density at radius 1 is 0.588 bits per heavy atom. The van der Waals surface area contributed by atoms with Gasteiger partial charge in [-0.05, 0) is 42.5 Å². The van der Waals surface area contributed by atoms with Crippen molar-refractivity contribution in [3.63, 3.8) is 0 Å². The van der Waals surface area contributed by atoms with E-state index in [1.165, 1.54) is 21.8 Å². The van der Waals surface area contributed by atoms with E-state index in [9.17, 15) is 0 Å². The number of benzene rings is 3. The molecule has 8 aromatic rings. The first-order valence-corrected chi connectivity index (χ1v) is 11.3. The normalized spacial score (nSPS) is 12.1. The smallest absolute Gasteiger partial charge is 0.147 e. The standard InChI is InChI=1S/C29H17N5/c1-2-7-18(8-3-1)33-24-11-5-4-9-19(24)20-12-13-22-26(27(20)33)21-10-6-15-31-28(21)34-25-14-16-30-17-23(25)32-29(22)34/h1-17H. The Bertz CT molecular complexity index is 2070. The zero-order chi connectivity index (χ0) is 22.2. The quantitative estimate of drug-likeness (QED) is 0.270. The molecule has 5 heteroatoms. The van der Waals surface area contributed by atoms with Crippen LogP contribution in [0.5, 0.6) is 0 Å². The molecule has 0 aliphatic rings. The van der Waals surface area contributed by atoms with Crippen molar-refractivity contribution in [3.05, 3.63) is 104 Å². The lowest BCUT2D eigenvalue weighted by Crippen LogP contribution is -1.97. The second-order valence-electron chi connectivity index (χ2n) is 8.58. The molecule has 0 amide bonds. The van der Waals surface area contributed by atoms with Gasteiger partial charge in [-0.1, -0.05) is 42.5 Å². The third-order valence-corrected chi connectivity index (χ3v) is 6.82. The van der Waals surface area contributed by atoms with Crippen molar-refractivity contribution < 1.29 is 0 Å². The number of rotatable bonds is 1. The number of fused-ring (bicyclic) bond motifs is 12. The van der Waals surface area contributed by atoms with Gasteiger partial charge in [0.05, 0.1) is 22.7 Å². The number of aromatic nitrogens is 5. The van der Waals surface area contributed by atoms with Gasteiger partial charge in [-0.15, -0.1) is 0 Å². The summed E-state index contributed by atoms with van der Waals surface area (Å²) in [6.07, 6.45) is 5.49. The Labute approximate surface area is 193 Å². The van der Waals surface area contributed by atoms with Crippen molar-refractivity contribution in [3.8, 4) is 5.69 Å². The van der Waals surface area contributed by atoms with Gasteiger partial charge in [0.1, 0.15) is 16.8 Å². The Hall–Kier alpha value is -4.77. The molecular formula is C29H17N5. The van der Waals surface area contributed by atoms with Crippen LogP contribution in [0.2, 0.25) is 0 Å². The summed E-state index contributed by atoms with van der Waals surface area (Å²) in [5.74, 6) is 0. The molecule has 5 nitrogen and oxygen atoms in total. The van der Waals surface area contributed by atoms with Gasteiger partial charge in [0, 0.05) is 45.0 Å². The summed E-state index contributed by atoms with van der Waals surface area (Å²) in [4.78, 5) is 14.1. The Morgan fingerprint density at radius 2 is 1.38 bits per heavy atom. The summed E-state index contributed by atoms with van der Waals surface area (Å²) in [5, 5.41) is 5.82. The van der Waals surface area contributed by atoms with Crippen molar-refractivity contribution >= 4 is 60.3 Å². The minimum absolute atomic E-state index is 0.866. The average Bonchev–Trinajstić information content (AvgIpc) is 3.46. The van der Waals surface area contributed by atoms with E-state index in [0.717, 1.165) is 44.2 Å². The molecule has 0 fully saturated rings. The molecule has 5 aromatic heterocycles. The van der Waals surface area contributed by atoms with Crippen molar-refractivity contribution in [2.45, 2.75) is 0 Å². The van der Waals surface area contributed by atoms with E-state index < -0.39 is 0 Å². The maximum atomic E-state index is 5.01. The summed E-state index contributed by atoms with van der Waals surface area (Å²) in [5.41, 5.74) is 7.18. The molecule has 0 aliphatic carbocycles. The van der Waals surface area contributed by atoms with Gasteiger partial charge < -0.3 is 4.57 Å². The Morgan fingerprint density at radius 3 is 2.32 bits per heavy atom. The summed E-state index contributed by atoms with van der Waals surface area (Å²) in [7, 11) is 0. The lowest BCUT2D eigenvalue weighted by Gasteiger charge is -2.13. The fraction of sp³-hybridized carbons (Fsp3) is 0. The second-order valence-corrected chi connectivity index (χ2v) is 8.58. The molecule has 158 valence electrons. The summed E-state index contributed by atoms with van der Waals surface area (Å²) in [6, 6.07) is 29.8. The van der Waals surface area contributed by atoms with Crippen LogP contribution in [-0.4, -0.2) is 23.9 Å². The zero-order valence-corrected chi connectivity index (χ0v) is 18.1. The highest BCUT2D eigenvalue weighted by molar-refractivity contribution is 6.27. The molecular weight excluding hydrogens is 418 g/mol. The van der Waals surface area contributed by atoms with E-state index >= 15 is 0 Å². The fourth-order valence-corrected chi connectivity index (χ4v) is 5.46. The average molecular weight is 435 g/mol. The minimum atomic E-state index is 0.866. The molecule has 0 bridgehead atoms. The fourth-order valence-electron chi connectivity index (χ4n) is 5.46. The number of imidazole rings is 1. The first kappa shape index (κ1) is 17.7. The van der Waals surface area contributed by atoms with Gasteiger partial charge in [0.2, 0.25) is 0 Å². The maximum absolute atomic E-state index is 5.01. The molecule has 34 heavy (non-hydrogen) atoms. The number of para-hydroxylation sites is 2. The topological polar surface area (TPSA) is 48.0 Å². The molecule has 3 aromatic carbocycles. The van der Waals surface area contributed by atoms with Gasteiger partial charge in [0.25, 0.3) is 0 Å². The largest absolute Gasteiger partial charge is 0.309 e. The number of pyridine rings is 3. The van der Waals surface area contributed by atoms with Crippen LogP contribution in [0.15, 0.2) is 104 Å². The first-order valence-electron chi connectivity index (χ1n) is 11.3. The van der Waals surface area contributed by atoms with Crippen molar-refractivity contribution in [1.82, 2.24) is 23.9 Å². The van der Waals surface area contributed by atoms with Crippen LogP contribution < -0.4 is 0 Å². The third-order valence-electron chi connectivity index (χ3n) is 6.82. The first-order chi connectivity index (χ1) is 16.9. The summed E-state index contributed by atoms with van der Waals surface area (Å²) >= 11 is 0. The highest BCUT2D eigenvalue weighted by Crippen LogP contribution is 2.40. The van der Waals surface area contributed by atoms with E-state index in [4.69, 9.17) is 9.97 Å². The van der Waals surface area contributed by atoms with Crippen LogP contribution >= 0.6 is 0 Å². The highest BCUT2D eigenvalue weighted by Gasteiger charge is 2.20. The second kappa shape index (κ2) is 6.39. The number of hydrogen-bond acceptors (Lipinski definition) is 3. The summed E-state index contributed by atoms with van der Waals surface area (Å²) in [6.45, 7) is 0. The van der Waals surface area contributed by atoms with E-state index in [2.05, 4.69) is 86.7 Å². The molecule has 0 N–H and O–H groups in total. The molecule has 0 atom stereocenters. The van der Waals surface area contributed by atoms with Crippen LogP contribution in [0.1, 0.15) is 0 Å². The SMILES string of the molecule is c1ccc(-n2c3ccccc3c3ccc4c(c5cccnc5n5c6ccncc6nc45)c32)cc1. The molecule has 0 aliphatic heterocycles. The molecule has 8 rings (SSSR count). The summed E-state index contributed by atoms with van der Waals surface area (Å²) < 4.78 is 4.54. The van der Waals surface area contributed by atoms with Crippen LogP contribution in [0, 0.1) is 0 Å². The van der Waals surface area contributed by atoms with E-state index in [1.54, 1.807) is 0 Å². The monoisotopic (exact) mass is 435 g/mol. The number of nitrogens with zero attached hydrogens (tertiary/aromatic N) is 5. The predicted molar refractivity (Wildman–Crippen MR) is 138 cm³/mol. The van der Waals surface area contributed by atoms with Gasteiger partial charge in [-0.25, -0.2) is 9.97 Å². The van der Waals surface area contributed by atoms with E-state index in [1.807, 2.05) is 30.7 Å². The van der Waals surface area contributed by atoms with Crippen LogP contribution in [0.4, 0.5) is 0 Å². The maximum Gasteiger partial charge on any atom is 0.147 e. The minimum Gasteiger partial charge on any atom is -0.309 e. The molecule has 0 unspecified atom stereocenters. The Balaban J connectivity index is 1.73. The molecule has 0 saturated heterocycles. The van der Waals surface area contributed by atoms with Gasteiger partial charge in [0.15, 0.2) is 0 Å². The van der Waals surface area contributed by atoms with Crippen molar-refractivity contribution in [2.24, 2.45) is 0 Å². The molecule has 0 saturated carbocycles. The third kappa shape index (κ3) is 2.16. The van der Waals surface area contributed by atoms with Crippen LogP contribution in [0.3, 0.4) is 0 Å². The van der Waals surface area contributed by atoms with Crippen LogP contribution in [0.25, 0.3) is 66.0 Å². The lowest BCUT2D eigenvalue weighted by molar-refractivity contribution is 1.18. The molecule has 0 spiro atoms. The lowest BCUT2D eigenvalue weighted by atomic mass is 10.0. The Kier molecular flexibility index (Phi) is 3.34. The molecule has 0 radical (unpaired) electrons. The van der Waals surface area contributed by atoms with Crippen molar-refractivity contribution in [2.75, 3.05) is 0 Å². The number of hydrogen-bond donors (Lipinski definition) is 0. The van der Waals surface area contributed by atoms with E-state index in [0.29, 0.717) is 0 Å². The zero-order valence-electron chi connectivity index (χ0n) is 18.1. The predicted octanol–water partition coefficient (Wildman–Crippen LogP) is 6.68.